The summed E-state index contributed by atoms with van der Waals surface area (Å²) in [6, 6.07) is 17.5. The van der Waals surface area contributed by atoms with Crippen molar-refractivity contribution in [1.82, 2.24) is 4.90 Å². The standard InChI is InChI=1S/C26H27N3O4/c1-18-3-6-20(7-4-18)16-27-13-11-26(12-14-27)17-28(22-8-5-19(2)15-21(22)26)25(30)23-9-10-24(33-23)29(31)32/h3-10,15H,11-14,16-17H2,1-2H3. The van der Waals surface area contributed by atoms with E-state index in [9.17, 15) is 14.9 Å². The molecule has 5 rings (SSSR count). The lowest BCUT2D eigenvalue weighted by atomic mass is 9.74. The molecule has 170 valence electrons. The van der Waals surface area contributed by atoms with Crippen LogP contribution in [0.5, 0.6) is 0 Å². The highest BCUT2D eigenvalue weighted by Gasteiger charge is 2.47. The van der Waals surface area contributed by atoms with E-state index in [1.165, 1.54) is 28.8 Å². The summed E-state index contributed by atoms with van der Waals surface area (Å²) in [5.74, 6) is -0.741. The average Bonchev–Trinajstić information content (AvgIpc) is 3.41. The molecule has 7 heteroatoms. The van der Waals surface area contributed by atoms with Crippen LogP contribution in [0.2, 0.25) is 0 Å². The maximum atomic E-state index is 13.3. The number of aryl methyl sites for hydroxylation is 2. The van der Waals surface area contributed by atoms with Gasteiger partial charge in [0.05, 0.1) is 6.07 Å². The molecule has 0 N–H and O–H groups in total. The predicted octanol–water partition coefficient (Wildman–Crippen LogP) is 5.00. The van der Waals surface area contributed by atoms with Gasteiger partial charge in [-0.3, -0.25) is 19.8 Å². The number of nitro groups is 1. The van der Waals surface area contributed by atoms with Gasteiger partial charge in [-0.25, -0.2) is 0 Å². The third-order valence-electron chi connectivity index (χ3n) is 7.04. The van der Waals surface area contributed by atoms with E-state index in [0.717, 1.165) is 43.7 Å². The molecule has 0 unspecified atom stereocenters. The van der Waals surface area contributed by atoms with Crippen molar-refractivity contribution >= 4 is 17.5 Å². The van der Waals surface area contributed by atoms with E-state index >= 15 is 0 Å². The topological polar surface area (TPSA) is 79.8 Å². The fourth-order valence-electron chi connectivity index (χ4n) is 5.16. The Morgan fingerprint density at radius 2 is 1.73 bits per heavy atom. The van der Waals surface area contributed by atoms with E-state index < -0.39 is 10.8 Å². The van der Waals surface area contributed by atoms with Gasteiger partial charge in [0, 0.05) is 24.2 Å². The summed E-state index contributed by atoms with van der Waals surface area (Å²) in [5, 5.41) is 11.0. The molecule has 3 heterocycles. The zero-order valence-corrected chi connectivity index (χ0v) is 18.9. The number of hydrogen-bond acceptors (Lipinski definition) is 5. The number of piperidine rings is 1. The lowest BCUT2D eigenvalue weighted by molar-refractivity contribution is -0.402. The number of carbonyl (C=O) groups is 1. The quantitative estimate of drug-likeness (QED) is 0.417. The third kappa shape index (κ3) is 3.93. The van der Waals surface area contributed by atoms with Crippen LogP contribution in [0.1, 0.15) is 45.7 Å². The first-order valence-corrected chi connectivity index (χ1v) is 11.3. The first kappa shape index (κ1) is 21.4. The molecule has 2 aromatic carbocycles. The monoisotopic (exact) mass is 445 g/mol. The molecule has 0 bridgehead atoms. The number of amides is 1. The number of rotatable bonds is 4. The summed E-state index contributed by atoms with van der Waals surface area (Å²) >= 11 is 0. The lowest BCUT2D eigenvalue weighted by Gasteiger charge is -2.40. The summed E-state index contributed by atoms with van der Waals surface area (Å²) in [6.07, 6.45) is 1.91. The van der Waals surface area contributed by atoms with Gasteiger partial charge in [-0.05, 0) is 63.0 Å². The zero-order chi connectivity index (χ0) is 23.2. The zero-order valence-electron chi connectivity index (χ0n) is 18.9. The highest BCUT2D eigenvalue weighted by Crippen LogP contribution is 2.48. The van der Waals surface area contributed by atoms with Crippen LogP contribution in [0, 0.1) is 24.0 Å². The van der Waals surface area contributed by atoms with Gasteiger partial charge in [-0.2, -0.15) is 0 Å². The fourth-order valence-corrected chi connectivity index (χ4v) is 5.16. The van der Waals surface area contributed by atoms with Crippen molar-refractivity contribution in [3.63, 3.8) is 0 Å². The molecule has 0 saturated carbocycles. The van der Waals surface area contributed by atoms with Crippen LogP contribution in [0.4, 0.5) is 11.6 Å². The Bertz CT molecular complexity index is 1210. The van der Waals surface area contributed by atoms with Crippen molar-refractivity contribution in [3.8, 4) is 0 Å². The molecule has 3 aromatic rings. The minimum Gasteiger partial charge on any atom is -0.395 e. The molecule has 33 heavy (non-hydrogen) atoms. The normalized spacial score (nSPS) is 17.3. The molecule has 2 aliphatic rings. The third-order valence-corrected chi connectivity index (χ3v) is 7.04. The molecule has 1 aromatic heterocycles. The number of furan rings is 1. The van der Waals surface area contributed by atoms with Crippen LogP contribution in [0.3, 0.4) is 0 Å². The SMILES string of the molecule is Cc1ccc(CN2CCC3(CC2)CN(C(=O)c2ccc([N+](=O)[O-])o2)c2ccc(C)cc23)cc1. The Labute approximate surface area is 192 Å². The van der Waals surface area contributed by atoms with Gasteiger partial charge in [0.15, 0.2) is 5.76 Å². The van der Waals surface area contributed by atoms with Crippen LogP contribution in [-0.4, -0.2) is 35.4 Å². The summed E-state index contributed by atoms with van der Waals surface area (Å²) in [6.45, 7) is 7.57. The molecule has 2 aliphatic heterocycles. The van der Waals surface area contributed by atoms with Crippen molar-refractivity contribution in [2.75, 3.05) is 24.5 Å². The Morgan fingerprint density at radius 3 is 2.39 bits per heavy atom. The molecule has 0 radical (unpaired) electrons. The maximum absolute atomic E-state index is 13.3. The number of anilines is 1. The Kier molecular flexibility index (Phi) is 5.29. The minimum absolute atomic E-state index is 0.00193. The number of carbonyl (C=O) groups excluding carboxylic acids is 1. The molecule has 1 fully saturated rings. The molecule has 1 amide bonds. The summed E-state index contributed by atoms with van der Waals surface area (Å²) in [7, 11) is 0. The van der Waals surface area contributed by atoms with Gasteiger partial charge >= 0.3 is 5.88 Å². The second kappa shape index (κ2) is 8.15. The maximum Gasteiger partial charge on any atom is 0.433 e. The predicted molar refractivity (Wildman–Crippen MR) is 126 cm³/mol. The number of likely N-dealkylation sites (tertiary alicyclic amines) is 1. The second-order valence-electron chi connectivity index (χ2n) is 9.35. The van der Waals surface area contributed by atoms with Crippen molar-refractivity contribution in [2.45, 2.75) is 38.6 Å². The van der Waals surface area contributed by atoms with E-state index in [1.54, 1.807) is 4.90 Å². The number of nitrogens with zero attached hydrogens (tertiary/aromatic N) is 3. The van der Waals surface area contributed by atoms with E-state index in [-0.39, 0.29) is 17.1 Å². The van der Waals surface area contributed by atoms with Crippen molar-refractivity contribution in [2.24, 2.45) is 0 Å². The molecule has 1 spiro atoms. The van der Waals surface area contributed by atoms with Gasteiger partial charge in [0.1, 0.15) is 4.92 Å². The number of benzene rings is 2. The lowest BCUT2D eigenvalue weighted by Crippen LogP contribution is -2.45. The summed E-state index contributed by atoms with van der Waals surface area (Å²) in [4.78, 5) is 27.9. The van der Waals surface area contributed by atoms with Gasteiger partial charge in [-0.1, -0.05) is 47.5 Å². The molecule has 7 nitrogen and oxygen atoms in total. The van der Waals surface area contributed by atoms with Crippen LogP contribution in [0.25, 0.3) is 0 Å². The van der Waals surface area contributed by atoms with Gasteiger partial charge in [0.2, 0.25) is 0 Å². The Morgan fingerprint density at radius 1 is 1.03 bits per heavy atom. The van der Waals surface area contributed by atoms with Crippen molar-refractivity contribution in [1.29, 1.82) is 0 Å². The minimum atomic E-state index is -0.622. The van der Waals surface area contributed by atoms with E-state index in [4.69, 9.17) is 4.42 Å². The number of fused-ring (bicyclic) bond motifs is 2. The van der Waals surface area contributed by atoms with Crippen LogP contribution in [0.15, 0.2) is 59.0 Å². The largest absolute Gasteiger partial charge is 0.433 e. The Hall–Kier alpha value is -3.45. The first-order chi connectivity index (χ1) is 15.8. The Balaban J connectivity index is 1.37. The van der Waals surface area contributed by atoms with E-state index in [1.807, 2.05) is 12.1 Å². The summed E-state index contributed by atoms with van der Waals surface area (Å²) in [5.41, 5.74) is 5.72. The molecule has 0 aliphatic carbocycles. The number of hydrogen-bond donors (Lipinski definition) is 0. The van der Waals surface area contributed by atoms with E-state index in [2.05, 4.69) is 49.1 Å². The van der Waals surface area contributed by atoms with Crippen molar-refractivity contribution in [3.05, 3.63) is 92.7 Å². The first-order valence-electron chi connectivity index (χ1n) is 11.3. The van der Waals surface area contributed by atoms with Crippen LogP contribution >= 0.6 is 0 Å². The van der Waals surface area contributed by atoms with E-state index in [0.29, 0.717) is 6.54 Å². The van der Waals surface area contributed by atoms with Gasteiger partial charge < -0.3 is 9.32 Å². The summed E-state index contributed by atoms with van der Waals surface area (Å²) < 4.78 is 5.23. The second-order valence-corrected chi connectivity index (χ2v) is 9.35. The van der Waals surface area contributed by atoms with Crippen molar-refractivity contribution < 1.29 is 14.1 Å². The van der Waals surface area contributed by atoms with Crippen LogP contribution < -0.4 is 4.90 Å². The smallest absolute Gasteiger partial charge is 0.395 e. The van der Waals surface area contributed by atoms with Gasteiger partial charge in [0.25, 0.3) is 5.91 Å². The molecule has 0 atom stereocenters. The highest BCUT2D eigenvalue weighted by molar-refractivity contribution is 6.06. The fraction of sp³-hybridized carbons (Fsp3) is 0.346. The molecule has 1 saturated heterocycles. The average molecular weight is 446 g/mol. The highest BCUT2D eigenvalue weighted by atomic mass is 16.6. The molecular formula is C26H27N3O4. The molecular weight excluding hydrogens is 418 g/mol. The van der Waals surface area contributed by atoms with Crippen LogP contribution in [-0.2, 0) is 12.0 Å². The van der Waals surface area contributed by atoms with Gasteiger partial charge in [-0.15, -0.1) is 0 Å².